The largest absolute Gasteiger partial charge is 0.459 e. The van der Waals surface area contributed by atoms with E-state index in [1.54, 1.807) is 11.8 Å². The fourth-order valence-corrected chi connectivity index (χ4v) is 3.77. The lowest BCUT2D eigenvalue weighted by molar-refractivity contribution is -0.158. The predicted molar refractivity (Wildman–Crippen MR) is 88.9 cm³/mol. The number of hydrogen-bond donors (Lipinski definition) is 0. The van der Waals surface area contributed by atoms with Crippen LogP contribution in [0.1, 0.15) is 39.5 Å². The Kier molecular flexibility index (Phi) is 4.22. The minimum absolute atomic E-state index is 0.0458. The van der Waals surface area contributed by atoms with Crippen LogP contribution in [0.3, 0.4) is 0 Å². The van der Waals surface area contributed by atoms with E-state index in [1.807, 2.05) is 50.3 Å². The standard InChI is InChI=1S/C19H23NO4/c1-12(2)16(24-14(4)21)19-10-13(3)17(22)20(19)18(23-11-19)15-8-6-5-7-9-15/h5-10,12,16,18H,11H2,1-4H3/t16-,18-,19-/m1/s1. The van der Waals surface area contributed by atoms with Crippen molar-refractivity contribution in [1.82, 2.24) is 4.90 Å². The van der Waals surface area contributed by atoms with E-state index >= 15 is 0 Å². The Morgan fingerprint density at radius 3 is 2.58 bits per heavy atom. The second-order valence-corrected chi connectivity index (χ2v) is 6.84. The van der Waals surface area contributed by atoms with Crippen molar-refractivity contribution in [3.8, 4) is 0 Å². The van der Waals surface area contributed by atoms with Crippen LogP contribution in [0.4, 0.5) is 0 Å². The highest BCUT2D eigenvalue weighted by Gasteiger charge is 2.59. The van der Waals surface area contributed by atoms with Gasteiger partial charge in [0.1, 0.15) is 11.6 Å². The lowest BCUT2D eigenvalue weighted by Crippen LogP contribution is -2.56. The molecule has 128 valence electrons. The van der Waals surface area contributed by atoms with E-state index in [4.69, 9.17) is 9.47 Å². The first kappa shape index (κ1) is 16.7. The van der Waals surface area contributed by atoms with Gasteiger partial charge in [0.15, 0.2) is 6.23 Å². The number of fused-ring (bicyclic) bond motifs is 1. The molecule has 0 saturated carbocycles. The number of carbonyl (C=O) groups excluding carboxylic acids is 2. The maximum atomic E-state index is 12.8. The van der Waals surface area contributed by atoms with Crippen molar-refractivity contribution < 1.29 is 19.1 Å². The molecule has 0 bridgehead atoms. The van der Waals surface area contributed by atoms with Gasteiger partial charge in [0.05, 0.1) is 6.61 Å². The quantitative estimate of drug-likeness (QED) is 0.797. The van der Waals surface area contributed by atoms with Crippen LogP contribution in [-0.2, 0) is 19.1 Å². The smallest absolute Gasteiger partial charge is 0.303 e. The average molecular weight is 329 g/mol. The Hall–Kier alpha value is -2.14. The monoisotopic (exact) mass is 329 g/mol. The van der Waals surface area contributed by atoms with Crippen molar-refractivity contribution in [1.29, 1.82) is 0 Å². The molecule has 24 heavy (non-hydrogen) atoms. The van der Waals surface area contributed by atoms with Crippen molar-refractivity contribution in [2.24, 2.45) is 5.92 Å². The van der Waals surface area contributed by atoms with Crippen LogP contribution in [0.5, 0.6) is 0 Å². The van der Waals surface area contributed by atoms with Gasteiger partial charge < -0.3 is 9.47 Å². The Labute approximate surface area is 142 Å². The first-order chi connectivity index (χ1) is 11.4. The molecule has 5 heteroatoms. The van der Waals surface area contributed by atoms with Gasteiger partial charge in [-0.15, -0.1) is 0 Å². The molecule has 1 aromatic rings. The highest BCUT2D eigenvalue weighted by Crippen LogP contribution is 2.47. The van der Waals surface area contributed by atoms with Gasteiger partial charge in [0, 0.05) is 18.1 Å². The zero-order valence-electron chi connectivity index (χ0n) is 14.5. The number of ether oxygens (including phenoxy) is 2. The van der Waals surface area contributed by atoms with Crippen molar-refractivity contribution in [2.45, 2.75) is 45.6 Å². The van der Waals surface area contributed by atoms with Gasteiger partial charge in [0.25, 0.3) is 5.91 Å². The van der Waals surface area contributed by atoms with E-state index in [9.17, 15) is 9.59 Å². The average Bonchev–Trinajstić information content (AvgIpc) is 3.02. The van der Waals surface area contributed by atoms with E-state index in [0.717, 1.165) is 5.56 Å². The molecule has 1 aromatic carbocycles. The molecule has 0 spiro atoms. The molecule has 0 radical (unpaired) electrons. The zero-order chi connectivity index (χ0) is 17.5. The van der Waals surface area contributed by atoms with Crippen LogP contribution < -0.4 is 0 Å². The molecule has 1 amide bonds. The van der Waals surface area contributed by atoms with Crippen LogP contribution in [-0.4, -0.2) is 35.0 Å². The summed E-state index contributed by atoms with van der Waals surface area (Å²) in [6, 6.07) is 9.66. The molecule has 0 N–H and O–H groups in total. The van der Waals surface area contributed by atoms with Gasteiger partial charge in [-0.25, -0.2) is 0 Å². The van der Waals surface area contributed by atoms with Gasteiger partial charge in [-0.1, -0.05) is 44.2 Å². The molecule has 5 nitrogen and oxygen atoms in total. The third-order valence-electron chi connectivity index (χ3n) is 4.65. The van der Waals surface area contributed by atoms with E-state index in [-0.39, 0.29) is 17.8 Å². The van der Waals surface area contributed by atoms with Gasteiger partial charge in [0.2, 0.25) is 0 Å². The molecular weight excluding hydrogens is 306 g/mol. The first-order valence-corrected chi connectivity index (χ1v) is 8.23. The number of benzene rings is 1. The normalized spacial score (nSPS) is 27.2. The van der Waals surface area contributed by atoms with Crippen LogP contribution >= 0.6 is 0 Å². The number of nitrogens with zero attached hydrogens (tertiary/aromatic N) is 1. The second-order valence-electron chi connectivity index (χ2n) is 6.84. The van der Waals surface area contributed by atoms with Gasteiger partial charge >= 0.3 is 5.97 Å². The second kappa shape index (κ2) is 6.06. The number of rotatable bonds is 4. The summed E-state index contributed by atoms with van der Waals surface area (Å²) in [6.07, 6.45) is 0.987. The molecule has 2 heterocycles. The zero-order valence-corrected chi connectivity index (χ0v) is 14.5. The lowest BCUT2D eigenvalue weighted by Gasteiger charge is -2.39. The van der Waals surface area contributed by atoms with Crippen molar-refractivity contribution in [2.75, 3.05) is 6.61 Å². The summed E-state index contributed by atoms with van der Waals surface area (Å²) in [5.74, 6) is -0.375. The van der Waals surface area contributed by atoms with Crippen LogP contribution in [0.25, 0.3) is 0 Å². The molecular formula is C19H23NO4. The molecule has 0 unspecified atom stereocenters. The molecule has 3 atom stereocenters. The highest BCUT2D eigenvalue weighted by molar-refractivity contribution is 5.97. The lowest BCUT2D eigenvalue weighted by atomic mass is 9.85. The van der Waals surface area contributed by atoms with E-state index in [0.29, 0.717) is 12.2 Å². The Balaban J connectivity index is 2.05. The van der Waals surface area contributed by atoms with Crippen LogP contribution in [0.15, 0.2) is 42.0 Å². The summed E-state index contributed by atoms with van der Waals surface area (Å²) in [6.45, 7) is 7.49. The van der Waals surface area contributed by atoms with Crippen molar-refractivity contribution >= 4 is 11.9 Å². The van der Waals surface area contributed by atoms with E-state index < -0.39 is 17.9 Å². The summed E-state index contributed by atoms with van der Waals surface area (Å²) in [5.41, 5.74) is 0.833. The number of hydrogen-bond acceptors (Lipinski definition) is 4. The molecule has 2 aliphatic rings. The summed E-state index contributed by atoms with van der Waals surface area (Å²) in [5, 5.41) is 0. The van der Waals surface area contributed by atoms with E-state index in [1.165, 1.54) is 6.92 Å². The Morgan fingerprint density at radius 2 is 2.00 bits per heavy atom. The molecule has 0 aromatic heterocycles. The molecule has 3 rings (SSSR count). The summed E-state index contributed by atoms with van der Waals surface area (Å²) < 4.78 is 11.6. The fraction of sp³-hybridized carbons (Fsp3) is 0.474. The summed E-state index contributed by atoms with van der Waals surface area (Å²) in [7, 11) is 0. The maximum absolute atomic E-state index is 12.8. The maximum Gasteiger partial charge on any atom is 0.303 e. The SMILES string of the molecule is CC(=O)O[C@H](C(C)C)[C@]12C=C(C)C(=O)N1[C@@H](c1ccccc1)OC2. The van der Waals surface area contributed by atoms with Crippen molar-refractivity contribution in [3.63, 3.8) is 0 Å². The van der Waals surface area contributed by atoms with E-state index in [2.05, 4.69) is 0 Å². The number of esters is 1. The number of amides is 1. The molecule has 1 fully saturated rings. The van der Waals surface area contributed by atoms with Crippen LogP contribution in [0.2, 0.25) is 0 Å². The Bertz CT molecular complexity index is 682. The van der Waals surface area contributed by atoms with Crippen LogP contribution in [0, 0.1) is 5.92 Å². The minimum Gasteiger partial charge on any atom is -0.459 e. The molecule has 2 aliphatic heterocycles. The summed E-state index contributed by atoms with van der Waals surface area (Å²) in [4.78, 5) is 26.2. The van der Waals surface area contributed by atoms with Crippen molar-refractivity contribution in [3.05, 3.63) is 47.5 Å². The van der Waals surface area contributed by atoms with Gasteiger partial charge in [-0.05, 0) is 18.9 Å². The predicted octanol–water partition coefficient (Wildman–Crippen LogP) is 2.83. The fourth-order valence-electron chi connectivity index (χ4n) is 3.77. The molecule has 0 aliphatic carbocycles. The Morgan fingerprint density at radius 1 is 1.33 bits per heavy atom. The topological polar surface area (TPSA) is 55.8 Å². The minimum atomic E-state index is -0.749. The van der Waals surface area contributed by atoms with Gasteiger partial charge in [-0.2, -0.15) is 0 Å². The van der Waals surface area contributed by atoms with Gasteiger partial charge in [-0.3, -0.25) is 14.5 Å². The summed E-state index contributed by atoms with van der Waals surface area (Å²) >= 11 is 0. The number of carbonyl (C=O) groups is 2. The highest BCUT2D eigenvalue weighted by atomic mass is 16.6. The third kappa shape index (κ3) is 2.53. The molecule has 1 saturated heterocycles. The first-order valence-electron chi connectivity index (χ1n) is 8.23. The third-order valence-corrected chi connectivity index (χ3v) is 4.65.